The van der Waals surface area contributed by atoms with Crippen molar-refractivity contribution >= 4 is 55.4 Å². The molecule has 0 aliphatic heterocycles. The van der Waals surface area contributed by atoms with Crippen molar-refractivity contribution in [2.75, 3.05) is 18.0 Å². The van der Waals surface area contributed by atoms with Crippen LogP contribution in [0, 0.1) is 6.92 Å². The van der Waals surface area contributed by atoms with Gasteiger partial charge >= 0.3 is 0 Å². The fraction of sp³-hybridized carbons (Fsp3) is 0.133. The van der Waals surface area contributed by atoms with Crippen molar-refractivity contribution in [3.8, 4) is 11.5 Å². The highest BCUT2D eigenvalue weighted by atomic mass is 79.9. The number of anilines is 1. The molecular formula is C30H27BrClN3O5S. The highest BCUT2D eigenvalue weighted by molar-refractivity contribution is 9.10. The van der Waals surface area contributed by atoms with Gasteiger partial charge in [-0.1, -0.05) is 41.4 Å². The zero-order valence-corrected chi connectivity index (χ0v) is 25.4. The number of benzene rings is 4. The van der Waals surface area contributed by atoms with Crippen LogP contribution in [-0.2, 0) is 21.4 Å². The van der Waals surface area contributed by atoms with E-state index in [1.54, 1.807) is 54.6 Å². The fourth-order valence-corrected chi connectivity index (χ4v) is 5.97. The molecule has 0 saturated heterocycles. The Bertz CT molecular complexity index is 1630. The van der Waals surface area contributed by atoms with Gasteiger partial charge in [0.25, 0.3) is 15.9 Å². The highest BCUT2D eigenvalue weighted by Crippen LogP contribution is 2.30. The van der Waals surface area contributed by atoms with Crippen LogP contribution in [0.5, 0.6) is 11.5 Å². The Morgan fingerprint density at radius 2 is 1.68 bits per heavy atom. The second-order valence-corrected chi connectivity index (χ2v) is 12.1. The van der Waals surface area contributed by atoms with Gasteiger partial charge in [0.1, 0.15) is 24.7 Å². The van der Waals surface area contributed by atoms with E-state index in [-0.39, 0.29) is 4.90 Å². The summed E-state index contributed by atoms with van der Waals surface area (Å²) >= 11 is 9.24. The minimum atomic E-state index is -4.10. The van der Waals surface area contributed by atoms with Crippen LogP contribution >= 0.6 is 27.5 Å². The van der Waals surface area contributed by atoms with Crippen LogP contribution in [0.15, 0.2) is 105 Å². The summed E-state index contributed by atoms with van der Waals surface area (Å²) < 4.78 is 39.7. The number of hydrogen-bond donors (Lipinski definition) is 1. The van der Waals surface area contributed by atoms with Crippen molar-refractivity contribution in [2.24, 2.45) is 5.10 Å². The molecule has 0 radical (unpaired) electrons. The lowest BCUT2D eigenvalue weighted by atomic mass is 10.2. The first kappa shape index (κ1) is 30.1. The minimum Gasteiger partial charge on any atom is -0.496 e. The molecule has 0 aromatic heterocycles. The molecule has 41 heavy (non-hydrogen) atoms. The lowest BCUT2D eigenvalue weighted by Crippen LogP contribution is -2.39. The Labute approximate surface area is 252 Å². The topological polar surface area (TPSA) is 97.3 Å². The number of carbonyl (C=O) groups excluding carboxylic acids is 1. The average Bonchev–Trinajstić information content (AvgIpc) is 2.97. The molecule has 0 bridgehead atoms. The second-order valence-electron chi connectivity index (χ2n) is 8.92. The van der Waals surface area contributed by atoms with E-state index in [0.29, 0.717) is 33.3 Å². The molecule has 0 saturated carbocycles. The number of rotatable bonds is 11. The normalized spacial score (nSPS) is 11.3. The zero-order chi connectivity index (χ0) is 29.4. The highest BCUT2D eigenvalue weighted by Gasteiger charge is 2.28. The summed E-state index contributed by atoms with van der Waals surface area (Å²) in [6.45, 7) is 1.81. The van der Waals surface area contributed by atoms with Gasteiger partial charge in [-0.15, -0.1) is 0 Å². The predicted octanol–water partition coefficient (Wildman–Crippen LogP) is 6.34. The van der Waals surface area contributed by atoms with Crippen LogP contribution < -0.4 is 19.2 Å². The standard InChI is InChI=1S/C30H27BrClN3O5S/c1-21-3-11-25(12-4-21)35(41(37,38)27-15-16-29(39-2)28(31)17-27)19-30(36)34-33-18-22-7-13-26(14-8-22)40-20-23-5-9-24(32)10-6-23/h3-18H,19-20H2,1-2H3,(H,34,36)/b33-18-. The first-order valence-corrected chi connectivity index (χ1v) is 15.0. The number of halogens is 2. The van der Waals surface area contributed by atoms with E-state index in [1.807, 2.05) is 31.2 Å². The van der Waals surface area contributed by atoms with Gasteiger partial charge in [-0.3, -0.25) is 9.10 Å². The van der Waals surface area contributed by atoms with Gasteiger partial charge in [0.2, 0.25) is 0 Å². The maximum absolute atomic E-state index is 13.6. The third kappa shape index (κ3) is 8.09. The van der Waals surface area contributed by atoms with Crippen LogP contribution in [-0.4, -0.2) is 34.2 Å². The van der Waals surface area contributed by atoms with Gasteiger partial charge < -0.3 is 9.47 Å². The fourth-order valence-electron chi connectivity index (χ4n) is 3.70. The van der Waals surface area contributed by atoms with Crippen molar-refractivity contribution in [1.29, 1.82) is 0 Å². The number of aryl methyl sites for hydroxylation is 1. The molecule has 1 N–H and O–H groups in total. The molecule has 0 unspecified atom stereocenters. The first-order valence-electron chi connectivity index (χ1n) is 12.4. The molecule has 1 amide bonds. The molecule has 0 fully saturated rings. The predicted molar refractivity (Wildman–Crippen MR) is 164 cm³/mol. The van der Waals surface area contributed by atoms with E-state index in [2.05, 4.69) is 26.5 Å². The Balaban J connectivity index is 1.42. The number of amides is 1. The van der Waals surface area contributed by atoms with E-state index in [9.17, 15) is 13.2 Å². The van der Waals surface area contributed by atoms with Gasteiger partial charge in [0, 0.05) is 5.02 Å². The Kier molecular flexibility index (Phi) is 10.0. The summed E-state index contributed by atoms with van der Waals surface area (Å²) in [5, 5.41) is 4.67. The first-order chi connectivity index (χ1) is 19.7. The summed E-state index contributed by atoms with van der Waals surface area (Å²) in [5.41, 5.74) is 5.42. The molecule has 0 aliphatic carbocycles. The number of sulfonamides is 1. The number of ether oxygens (including phenoxy) is 2. The van der Waals surface area contributed by atoms with Gasteiger partial charge in [0.15, 0.2) is 0 Å². The van der Waals surface area contributed by atoms with Gasteiger partial charge in [-0.2, -0.15) is 5.10 Å². The van der Waals surface area contributed by atoms with Gasteiger partial charge in [-0.05, 0) is 101 Å². The van der Waals surface area contributed by atoms with E-state index in [0.717, 1.165) is 21.0 Å². The van der Waals surface area contributed by atoms with Crippen molar-refractivity contribution in [1.82, 2.24) is 5.43 Å². The number of hydrazone groups is 1. The van der Waals surface area contributed by atoms with Crippen LogP contribution in [0.3, 0.4) is 0 Å². The third-order valence-electron chi connectivity index (χ3n) is 5.92. The molecule has 4 aromatic carbocycles. The van der Waals surface area contributed by atoms with Crippen LogP contribution in [0.1, 0.15) is 16.7 Å². The van der Waals surface area contributed by atoms with Crippen LogP contribution in [0.25, 0.3) is 0 Å². The van der Waals surface area contributed by atoms with E-state index in [1.165, 1.54) is 25.5 Å². The Hall–Kier alpha value is -3.86. The molecule has 4 rings (SSSR count). The quantitative estimate of drug-likeness (QED) is 0.150. The molecule has 0 spiro atoms. The van der Waals surface area contributed by atoms with Crippen molar-refractivity contribution in [3.63, 3.8) is 0 Å². The smallest absolute Gasteiger partial charge is 0.264 e. The third-order valence-corrected chi connectivity index (χ3v) is 8.56. The van der Waals surface area contributed by atoms with Gasteiger partial charge in [-0.25, -0.2) is 13.8 Å². The maximum atomic E-state index is 13.6. The second kappa shape index (κ2) is 13.7. The maximum Gasteiger partial charge on any atom is 0.264 e. The Morgan fingerprint density at radius 1 is 1.00 bits per heavy atom. The molecule has 8 nitrogen and oxygen atoms in total. The zero-order valence-electron chi connectivity index (χ0n) is 22.3. The molecule has 4 aromatic rings. The summed E-state index contributed by atoms with van der Waals surface area (Å²) in [7, 11) is -2.62. The van der Waals surface area contributed by atoms with E-state index >= 15 is 0 Å². The molecular weight excluding hydrogens is 630 g/mol. The number of methoxy groups -OCH3 is 1. The minimum absolute atomic E-state index is 0.000391. The molecule has 212 valence electrons. The number of nitrogens with one attached hydrogen (secondary N) is 1. The van der Waals surface area contributed by atoms with Crippen molar-refractivity contribution in [2.45, 2.75) is 18.4 Å². The summed E-state index contributed by atoms with van der Waals surface area (Å²) in [5.74, 6) is 0.546. The van der Waals surface area contributed by atoms with E-state index < -0.39 is 22.5 Å². The van der Waals surface area contributed by atoms with E-state index in [4.69, 9.17) is 21.1 Å². The molecule has 0 heterocycles. The number of nitrogens with zero attached hydrogens (tertiary/aromatic N) is 2. The lowest BCUT2D eigenvalue weighted by Gasteiger charge is -2.24. The van der Waals surface area contributed by atoms with Crippen molar-refractivity contribution in [3.05, 3.63) is 117 Å². The van der Waals surface area contributed by atoms with Crippen LogP contribution in [0.4, 0.5) is 5.69 Å². The van der Waals surface area contributed by atoms with Crippen molar-refractivity contribution < 1.29 is 22.7 Å². The lowest BCUT2D eigenvalue weighted by molar-refractivity contribution is -0.119. The molecule has 0 atom stereocenters. The number of carbonyl (C=O) groups is 1. The number of hydrogen-bond acceptors (Lipinski definition) is 6. The van der Waals surface area contributed by atoms with Gasteiger partial charge in [0.05, 0.1) is 28.4 Å². The SMILES string of the molecule is COc1ccc(S(=O)(=O)N(CC(=O)N/N=C\c2ccc(OCc3ccc(Cl)cc3)cc2)c2ccc(C)cc2)cc1Br. The summed E-state index contributed by atoms with van der Waals surface area (Å²) in [4.78, 5) is 12.8. The monoisotopic (exact) mass is 655 g/mol. The average molecular weight is 657 g/mol. The Morgan fingerprint density at radius 3 is 2.32 bits per heavy atom. The summed E-state index contributed by atoms with van der Waals surface area (Å²) in [6.07, 6.45) is 1.46. The van der Waals surface area contributed by atoms with Crippen LogP contribution in [0.2, 0.25) is 5.02 Å². The molecule has 11 heteroatoms. The summed E-state index contributed by atoms with van der Waals surface area (Å²) in [6, 6.07) is 25.8. The molecule has 0 aliphatic rings. The largest absolute Gasteiger partial charge is 0.496 e.